The zero-order chi connectivity index (χ0) is 23.1. The zero-order valence-electron chi connectivity index (χ0n) is 18.4. The van der Waals surface area contributed by atoms with E-state index in [4.69, 9.17) is 18.9 Å². The van der Waals surface area contributed by atoms with E-state index in [1.165, 1.54) is 11.8 Å². The third kappa shape index (κ3) is 5.45. The van der Waals surface area contributed by atoms with Gasteiger partial charge in [-0.05, 0) is 61.9 Å². The largest absolute Gasteiger partial charge is 0.506 e. The number of aliphatic hydroxyl groups excluding tert-OH is 1. The van der Waals surface area contributed by atoms with Crippen molar-refractivity contribution in [1.82, 2.24) is 0 Å². The normalized spacial score (nSPS) is 15.9. The van der Waals surface area contributed by atoms with Crippen LogP contribution >= 0.6 is 11.8 Å². The maximum Gasteiger partial charge on any atom is 0.344 e. The molecule has 2 aromatic carbocycles. The van der Waals surface area contributed by atoms with Gasteiger partial charge in [-0.25, -0.2) is 9.79 Å². The molecule has 168 valence electrons. The Labute approximate surface area is 191 Å². The molecule has 0 aromatic heterocycles. The first-order valence-electron chi connectivity index (χ1n) is 10.0. The van der Waals surface area contributed by atoms with Crippen LogP contribution in [0.25, 0.3) is 6.08 Å². The van der Waals surface area contributed by atoms with Gasteiger partial charge in [0.2, 0.25) is 0 Å². The van der Waals surface area contributed by atoms with E-state index in [0.717, 1.165) is 11.3 Å². The summed E-state index contributed by atoms with van der Waals surface area (Å²) in [4.78, 5) is 17.6. The number of benzene rings is 2. The summed E-state index contributed by atoms with van der Waals surface area (Å²) in [5, 5.41) is 11.2. The van der Waals surface area contributed by atoms with E-state index in [-0.39, 0.29) is 17.9 Å². The zero-order valence-corrected chi connectivity index (χ0v) is 19.2. The van der Waals surface area contributed by atoms with Crippen molar-refractivity contribution in [2.75, 3.05) is 27.4 Å². The molecule has 0 saturated carbocycles. The Morgan fingerprint density at radius 1 is 1.00 bits per heavy atom. The van der Waals surface area contributed by atoms with Crippen LogP contribution in [0.2, 0.25) is 0 Å². The smallest absolute Gasteiger partial charge is 0.344 e. The summed E-state index contributed by atoms with van der Waals surface area (Å²) in [6, 6.07) is 12.5. The number of esters is 1. The molecule has 0 aliphatic carbocycles. The molecule has 1 heterocycles. The molecular weight excluding hydrogens is 430 g/mol. The average Bonchev–Trinajstić information content (AvgIpc) is 3.09. The highest BCUT2D eigenvalue weighted by atomic mass is 32.2. The van der Waals surface area contributed by atoms with Gasteiger partial charge in [-0.15, -0.1) is 0 Å². The first-order valence-corrected chi connectivity index (χ1v) is 10.9. The summed E-state index contributed by atoms with van der Waals surface area (Å²) in [6.07, 6.45) is 1.74. The van der Waals surface area contributed by atoms with Crippen LogP contribution in [0.4, 0.5) is 5.69 Å². The Morgan fingerprint density at radius 3 is 2.22 bits per heavy atom. The van der Waals surface area contributed by atoms with Crippen LogP contribution in [0, 0.1) is 0 Å². The van der Waals surface area contributed by atoms with E-state index in [1.807, 2.05) is 6.92 Å². The Morgan fingerprint density at radius 2 is 1.66 bits per heavy atom. The lowest BCUT2D eigenvalue weighted by Gasteiger charge is -2.06. The number of ether oxygens (including phenoxy) is 4. The molecular formula is C24H25NO6S. The molecule has 0 fully saturated rings. The van der Waals surface area contributed by atoms with Crippen molar-refractivity contribution in [2.24, 2.45) is 4.99 Å². The minimum absolute atomic E-state index is 0.0341. The molecule has 0 saturated heterocycles. The quantitative estimate of drug-likeness (QED) is 0.541. The molecule has 2 aromatic rings. The third-order valence-electron chi connectivity index (χ3n) is 4.42. The number of hydrogen-bond donors (Lipinski definition) is 1. The van der Waals surface area contributed by atoms with Gasteiger partial charge in [0, 0.05) is 6.07 Å². The van der Waals surface area contributed by atoms with Crippen LogP contribution in [0.3, 0.4) is 0 Å². The fourth-order valence-corrected chi connectivity index (χ4v) is 3.99. The fraction of sp³-hybridized carbons (Fsp3) is 0.250. The molecule has 7 nitrogen and oxygen atoms in total. The minimum atomic E-state index is -0.631. The summed E-state index contributed by atoms with van der Waals surface area (Å²) >= 11 is 1.19. The van der Waals surface area contributed by atoms with Gasteiger partial charge in [-0.3, -0.25) is 0 Å². The highest BCUT2D eigenvalue weighted by molar-refractivity contribution is 8.18. The van der Waals surface area contributed by atoms with E-state index in [0.29, 0.717) is 33.7 Å². The Bertz CT molecular complexity index is 1050. The molecule has 0 radical (unpaired) electrons. The first kappa shape index (κ1) is 23.3. The number of rotatable bonds is 8. The molecule has 0 spiro atoms. The van der Waals surface area contributed by atoms with Crippen LogP contribution < -0.4 is 14.2 Å². The topological polar surface area (TPSA) is 86.6 Å². The van der Waals surface area contributed by atoms with Crippen molar-refractivity contribution < 1.29 is 28.8 Å². The molecule has 32 heavy (non-hydrogen) atoms. The van der Waals surface area contributed by atoms with Crippen molar-refractivity contribution in [3.05, 3.63) is 64.3 Å². The van der Waals surface area contributed by atoms with Gasteiger partial charge in [0.25, 0.3) is 0 Å². The monoisotopic (exact) mass is 455 g/mol. The first-order chi connectivity index (χ1) is 15.5. The van der Waals surface area contributed by atoms with E-state index < -0.39 is 5.97 Å². The number of methoxy groups -OCH3 is 2. The maximum absolute atomic E-state index is 12.6. The van der Waals surface area contributed by atoms with Gasteiger partial charge >= 0.3 is 5.97 Å². The lowest BCUT2D eigenvalue weighted by Crippen LogP contribution is -2.12. The fourth-order valence-electron chi connectivity index (χ4n) is 2.96. The second kappa shape index (κ2) is 10.8. The average molecular weight is 456 g/mol. The second-order valence-electron chi connectivity index (χ2n) is 6.54. The lowest BCUT2D eigenvalue weighted by molar-refractivity contribution is -0.138. The number of nitrogens with zero attached hydrogens (tertiary/aromatic N) is 1. The second-order valence-corrected chi connectivity index (χ2v) is 7.58. The summed E-state index contributed by atoms with van der Waals surface area (Å²) in [6.45, 7) is 4.37. The van der Waals surface area contributed by atoms with Gasteiger partial charge in [-0.1, -0.05) is 11.8 Å². The van der Waals surface area contributed by atoms with E-state index >= 15 is 0 Å². The van der Waals surface area contributed by atoms with Crippen molar-refractivity contribution >= 4 is 34.5 Å². The molecule has 0 amide bonds. The highest BCUT2D eigenvalue weighted by Crippen LogP contribution is 2.41. The highest BCUT2D eigenvalue weighted by Gasteiger charge is 2.33. The standard InChI is InChI=1S/C24H25NO6S/c1-5-30-17-9-7-16(8-10-17)25-23-21(24(27)31-6-2)22(26)20(32-23)13-15-11-18(28-3)14-19(12-15)29-4/h7-14,26H,5-6H2,1-4H3/b20-13+,25-23?. The van der Waals surface area contributed by atoms with Crippen LogP contribution in [0.15, 0.2) is 63.7 Å². The summed E-state index contributed by atoms with van der Waals surface area (Å²) in [7, 11) is 3.13. The van der Waals surface area contributed by atoms with Crippen LogP contribution in [0.1, 0.15) is 19.4 Å². The van der Waals surface area contributed by atoms with E-state index in [9.17, 15) is 9.90 Å². The van der Waals surface area contributed by atoms with Gasteiger partial charge in [0.15, 0.2) is 0 Å². The van der Waals surface area contributed by atoms with Crippen LogP contribution in [0.5, 0.6) is 17.2 Å². The predicted octanol–water partition coefficient (Wildman–Crippen LogP) is 5.30. The molecule has 0 unspecified atom stereocenters. The molecule has 1 aliphatic heterocycles. The minimum Gasteiger partial charge on any atom is -0.506 e. The molecule has 3 rings (SSSR count). The number of aliphatic hydroxyl groups is 1. The number of thioether (sulfide) groups is 1. The third-order valence-corrected chi connectivity index (χ3v) is 5.44. The lowest BCUT2D eigenvalue weighted by atomic mass is 10.1. The molecule has 0 atom stereocenters. The molecule has 1 N–H and O–H groups in total. The molecule has 1 aliphatic rings. The SMILES string of the molecule is CCOC(=O)C1=C(O)/C(=C\c2cc(OC)cc(OC)c2)SC1=Nc1ccc(OCC)cc1. The summed E-state index contributed by atoms with van der Waals surface area (Å²) in [5.41, 5.74) is 1.39. The number of carbonyl (C=O) groups excluding carboxylic acids is 1. The Balaban J connectivity index is 2.01. The van der Waals surface area contributed by atoms with Gasteiger partial charge in [-0.2, -0.15) is 0 Å². The Kier molecular flexibility index (Phi) is 7.83. The van der Waals surface area contributed by atoms with E-state index in [1.54, 1.807) is 69.7 Å². The summed E-state index contributed by atoms with van der Waals surface area (Å²) in [5.74, 6) is 1.13. The van der Waals surface area contributed by atoms with Crippen molar-refractivity contribution in [2.45, 2.75) is 13.8 Å². The number of carbonyl (C=O) groups is 1. The molecule has 0 bridgehead atoms. The summed E-state index contributed by atoms with van der Waals surface area (Å²) < 4.78 is 21.2. The van der Waals surface area contributed by atoms with Crippen molar-refractivity contribution in [3.8, 4) is 17.2 Å². The predicted molar refractivity (Wildman–Crippen MR) is 126 cm³/mol. The number of hydrogen-bond acceptors (Lipinski definition) is 8. The van der Waals surface area contributed by atoms with Crippen LogP contribution in [-0.4, -0.2) is 43.6 Å². The van der Waals surface area contributed by atoms with Gasteiger partial charge in [0.05, 0.1) is 38.0 Å². The Hall–Kier alpha value is -3.39. The van der Waals surface area contributed by atoms with Crippen molar-refractivity contribution in [3.63, 3.8) is 0 Å². The van der Waals surface area contributed by atoms with Gasteiger partial charge < -0.3 is 24.1 Å². The number of aliphatic imine (C=N–C) groups is 1. The van der Waals surface area contributed by atoms with Crippen molar-refractivity contribution in [1.29, 1.82) is 0 Å². The maximum atomic E-state index is 12.6. The van der Waals surface area contributed by atoms with E-state index in [2.05, 4.69) is 4.99 Å². The van der Waals surface area contributed by atoms with Crippen LogP contribution in [-0.2, 0) is 9.53 Å². The molecule has 8 heteroatoms. The van der Waals surface area contributed by atoms with Gasteiger partial charge in [0.1, 0.15) is 33.6 Å².